The van der Waals surface area contributed by atoms with Crippen LogP contribution in [0.1, 0.15) is 23.9 Å². The lowest BCUT2D eigenvalue weighted by Gasteiger charge is -2.08. The van der Waals surface area contributed by atoms with Gasteiger partial charge in [0.25, 0.3) is 0 Å². The maximum atomic E-state index is 9.87. The Kier molecular flexibility index (Phi) is 5.32. The van der Waals surface area contributed by atoms with Crippen molar-refractivity contribution in [2.24, 2.45) is 5.10 Å². The maximum Gasteiger partial charge on any atom is 0.243 e. The number of hydrogen-bond acceptors (Lipinski definition) is 6. The minimum absolute atomic E-state index is 0.0737. The Bertz CT molecular complexity index is 684. The molecule has 1 aromatic heterocycles. The number of aryl methyl sites for hydroxylation is 2. The van der Waals surface area contributed by atoms with Gasteiger partial charge in [-0.05, 0) is 60.5 Å². The average Bonchev–Trinajstić information content (AvgIpc) is 2.43. The molecule has 0 amide bonds. The van der Waals surface area contributed by atoms with Crippen molar-refractivity contribution in [2.45, 2.75) is 20.8 Å². The van der Waals surface area contributed by atoms with E-state index in [0.29, 0.717) is 22.8 Å². The predicted molar refractivity (Wildman–Crippen MR) is 89.7 cm³/mol. The van der Waals surface area contributed by atoms with Crippen molar-refractivity contribution in [2.75, 3.05) is 12.0 Å². The highest BCUT2D eigenvalue weighted by Crippen LogP contribution is 2.35. The van der Waals surface area contributed by atoms with E-state index in [1.165, 1.54) is 0 Å². The van der Waals surface area contributed by atoms with Crippen LogP contribution in [0.4, 0.5) is 5.95 Å². The largest absolute Gasteiger partial charge is 0.503 e. The molecule has 22 heavy (non-hydrogen) atoms. The van der Waals surface area contributed by atoms with Gasteiger partial charge in [0.1, 0.15) is 0 Å². The zero-order valence-electron chi connectivity index (χ0n) is 12.6. The number of nitrogens with one attached hydrogen (secondary N) is 1. The highest BCUT2D eigenvalue weighted by atomic mass is 79.9. The van der Waals surface area contributed by atoms with Crippen LogP contribution in [0.3, 0.4) is 0 Å². The van der Waals surface area contributed by atoms with E-state index in [4.69, 9.17) is 4.74 Å². The molecule has 7 heteroatoms. The molecule has 1 heterocycles. The molecule has 0 fully saturated rings. The topological polar surface area (TPSA) is 79.6 Å². The smallest absolute Gasteiger partial charge is 0.243 e. The number of aromatic nitrogens is 2. The molecular weight excluding hydrogens is 348 g/mol. The van der Waals surface area contributed by atoms with Crippen LogP contribution in [0.25, 0.3) is 0 Å². The second-order valence-corrected chi connectivity index (χ2v) is 5.48. The van der Waals surface area contributed by atoms with Crippen molar-refractivity contribution >= 4 is 28.1 Å². The summed E-state index contributed by atoms with van der Waals surface area (Å²) in [6, 6.07) is 5.34. The lowest BCUT2D eigenvalue weighted by atomic mass is 10.2. The van der Waals surface area contributed by atoms with Crippen LogP contribution in [-0.4, -0.2) is 27.9 Å². The van der Waals surface area contributed by atoms with E-state index in [1.807, 2.05) is 26.8 Å². The number of hydrogen-bond donors (Lipinski definition) is 2. The van der Waals surface area contributed by atoms with Gasteiger partial charge in [0.15, 0.2) is 11.5 Å². The van der Waals surface area contributed by atoms with Crippen molar-refractivity contribution in [3.05, 3.63) is 39.6 Å². The van der Waals surface area contributed by atoms with Gasteiger partial charge in [0.2, 0.25) is 5.95 Å². The molecule has 0 aliphatic heterocycles. The molecular formula is C15H17BrN4O2. The van der Waals surface area contributed by atoms with Crippen LogP contribution in [-0.2, 0) is 0 Å². The molecule has 0 saturated carbocycles. The van der Waals surface area contributed by atoms with Crippen LogP contribution in [0.2, 0.25) is 0 Å². The third-order valence-electron chi connectivity index (χ3n) is 2.71. The van der Waals surface area contributed by atoms with Gasteiger partial charge < -0.3 is 9.84 Å². The average molecular weight is 365 g/mol. The summed E-state index contributed by atoms with van der Waals surface area (Å²) in [4.78, 5) is 8.47. The van der Waals surface area contributed by atoms with E-state index in [2.05, 4.69) is 36.4 Å². The first-order valence-corrected chi connectivity index (χ1v) is 7.55. The molecule has 2 N–H and O–H groups in total. The van der Waals surface area contributed by atoms with Gasteiger partial charge in [-0.3, -0.25) is 0 Å². The molecule has 2 aromatic rings. The van der Waals surface area contributed by atoms with Gasteiger partial charge in [-0.25, -0.2) is 15.4 Å². The van der Waals surface area contributed by atoms with Gasteiger partial charge in [-0.1, -0.05) is 0 Å². The summed E-state index contributed by atoms with van der Waals surface area (Å²) >= 11 is 3.29. The van der Waals surface area contributed by atoms with Gasteiger partial charge in [-0.2, -0.15) is 5.10 Å². The Hall–Kier alpha value is -2.15. The fourth-order valence-corrected chi connectivity index (χ4v) is 2.33. The number of anilines is 1. The number of hydrazone groups is 1. The molecule has 0 atom stereocenters. The Morgan fingerprint density at radius 2 is 1.95 bits per heavy atom. The molecule has 2 rings (SSSR count). The molecule has 0 spiro atoms. The maximum absolute atomic E-state index is 9.87. The summed E-state index contributed by atoms with van der Waals surface area (Å²) < 4.78 is 5.91. The fourth-order valence-electron chi connectivity index (χ4n) is 1.87. The predicted octanol–water partition coefficient (Wildman–Crippen LogP) is 3.41. The fraction of sp³-hybridized carbons (Fsp3) is 0.267. The minimum Gasteiger partial charge on any atom is -0.503 e. The normalized spacial score (nSPS) is 10.9. The third kappa shape index (κ3) is 4.17. The minimum atomic E-state index is 0.0737. The number of rotatable bonds is 5. The number of halogens is 1. The van der Waals surface area contributed by atoms with Crippen molar-refractivity contribution < 1.29 is 9.84 Å². The second kappa shape index (κ2) is 7.22. The first-order valence-electron chi connectivity index (χ1n) is 6.76. The number of phenols is 1. The lowest BCUT2D eigenvalue weighted by molar-refractivity contribution is 0.317. The summed E-state index contributed by atoms with van der Waals surface area (Å²) in [5, 5.41) is 14.0. The van der Waals surface area contributed by atoms with Gasteiger partial charge >= 0.3 is 0 Å². The monoisotopic (exact) mass is 364 g/mol. The number of nitrogens with zero attached hydrogens (tertiary/aromatic N) is 3. The van der Waals surface area contributed by atoms with E-state index in [0.717, 1.165) is 17.0 Å². The van der Waals surface area contributed by atoms with Crippen molar-refractivity contribution in [3.8, 4) is 11.5 Å². The van der Waals surface area contributed by atoms with E-state index in [9.17, 15) is 5.11 Å². The number of ether oxygens (including phenoxy) is 1. The number of phenolic OH excluding ortho intramolecular Hbond substituents is 1. The summed E-state index contributed by atoms with van der Waals surface area (Å²) in [5.74, 6) is 0.919. The highest BCUT2D eigenvalue weighted by Gasteiger charge is 2.08. The van der Waals surface area contributed by atoms with Gasteiger partial charge in [0, 0.05) is 11.4 Å². The van der Waals surface area contributed by atoms with Crippen molar-refractivity contribution in [3.63, 3.8) is 0 Å². The van der Waals surface area contributed by atoms with Crippen molar-refractivity contribution in [1.82, 2.24) is 9.97 Å². The molecule has 0 aliphatic rings. The van der Waals surface area contributed by atoms with Crippen LogP contribution < -0.4 is 10.2 Å². The van der Waals surface area contributed by atoms with Gasteiger partial charge in [0.05, 0.1) is 17.3 Å². The molecule has 0 bridgehead atoms. The first-order chi connectivity index (χ1) is 10.5. The third-order valence-corrected chi connectivity index (χ3v) is 3.32. The molecule has 6 nitrogen and oxygen atoms in total. The first kappa shape index (κ1) is 16.2. The van der Waals surface area contributed by atoms with E-state index in [-0.39, 0.29) is 5.75 Å². The molecule has 0 unspecified atom stereocenters. The summed E-state index contributed by atoms with van der Waals surface area (Å²) in [5.41, 5.74) is 5.30. The van der Waals surface area contributed by atoms with Gasteiger partial charge in [-0.15, -0.1) is 0 Å². The van der Waals surface area contributed by atoms with Crippen LogP contribution in [0.15, 0.2) is 27.8 Å². The zero-order chi connectivity index (χ0) is 16.1. The molecule has 1 aromatic carbocycles. The van der Waals surface area contributed by atoms with E-state index < -0.39 is 0 Å². The zero-order valence-corrected chi connectivity index (χ0v) is 14.2. The Balaban J connectivity index is 2.16. The number of benzene rings is 1. The number of aromatic hydroxyl groups is 1. The molecule has 0 aliphatic carbocycles. The second-order valence-electron chi connectivity index (χ2n) is 4.63. The molecule has 0 saturated heterocycles. The Morgan fingerprint density at radius 1 is 1.27 bits per heavy atom. The van der Waals surface area contributed by atoms with Crippen molar-refractivity contribution in [1.29, 1.82) is 0 Å². The summed E-state index contributed by atoms with van der Waals surface area (Å²) in [6.45, 7) is 6.12. The Morgan fingerprint density at radius 3 is 2.59 bits per heavy atom. The van der Waals surface area contributed by atoms with Crippen LogP contribution in [0, 0.1) is 13.8 Å². The lowest BCUT2D eigenvalue weighted by Crippen LogP contribution is -2.00. The SMILES string of the molecule is CCOc1cc(/C=N\Nc2nc(C)cc(C)n2)cc(Br)c1O. The van der Waals surface area contributed by atoms with Crippen LogP contribution in [0.5, 0.6) is 11.5 Å². The molecule has 0 radical (unpaired) electrons. The highest BCUT2D eigenvalue weighted by molar-refractivity contribution is 9.10. The summed E-state index contributed by atoms with van der Waals surface area (Å²) in [7, 11) is 0. The van der Waals surface area contributed by atoms with E-state index in [1.54, 1.807) is 18.3 Å². The molecule has 116 valence electrons. The van der Waals surface area contributed by atoms with Crippen LogP contribution >= 0.6 is 15.9 Å². The summed E-state index contributed by atoms with van der Waals surface area (Å²) in [6.07, 6.45) is 1.60. The quantitative estimate of drug-likeness (QED) is 0.627. The Labute approximate surface area is 137 Å². The standard InChI is InChI=1S/C15H17BrN4O2/c1-4-22-13-7-11(6-12(16)14(13)21)8-17-20-15-18-9(2)5-10(3)19-15/h5-8,21H,4H2,1-3H3,(H,18,19,20)/b17-8-. The van der Waals surface area contributed by atoms with E-state index >= 15 is 0 Å².